The minimum absolute atomic E-state index is 0.239. The van der Waals surface area contributed by atoms with Crippen molar-refractivity contribution in [1.82, 2.24) is 0 Å². The second-order valence-corrected chi connectivity index (χ2v) is 4.74. The number of nitrogens with zero attached hydrogens (tertiary/aromatic N) is 2. The molecule has 0 bridgehead atoms. The number of esters is 1. The van der Waals surface area contributed by atoms with E-state index in [-0.39, 0.29) is 12.4 Å². The van der Waals surface area contributed by atoms with Crippen LogP contribution in [0.25, 0.3) is 4.98 Å². The van der Waals surface area contributed by atoms with E-state index in [2.05, 4.69) is 9.71 Å². The van der Waals surface area contributed by atoms with E-state index in [1.807, 2.05) is 30.3 Å². The van der Waals surface area contributed by atoms with Crippen molar-refractivity contribution in [2.75, 3.05) is 7.11 Å². The molecular weight excluding hydrogens is 280 g/mol. The van der Waals surface area contributed by atoms with Crippen molar-refractivity contribution in [3.8, 4) is 5.75 Å². The van der Waals surface area contributed by atoms with Crippen molar-refractivity contribution in [3.63, 3.8) is 0 Å². The first-order valence-electron chi connectivity index (χ1n) is 6.94. The van der Waals surface area contributed by atoms with Gasteiger partial charge in [-0.15, -0.1) is 0 Å². The Morgan fingerprint density at radius 3 is 2.64 bits per heavy atom. The van der Waals surface area contributed by atoms with Crippen LogP contribution in [0.1, 0.15) is 17.5 Å². The smallest absolute Gasteiger partial charge is 0.391 e. The largest absolute Gasteiger partial charge is 0.489 e. The lowest BCUT2D eigenvalue weighted by molar-refractivity contribution is -0.140. The number of carbonyl (C=O) groups excluding carboxylic acids is 1. The normalized spacial score (nSPS) is 9.82. The molecule has 5 nitrogen and oxygen atoms in total. The van der Waals surface area contributed by atoms with Crippen molar-refractivity contribution in [1.29, 1.82) is 5.39 Å². The highest BCUT2D eigenvalue weighted by Gasteiger charge is 2.16. The summed E-state index contributed by atoms with van der Waals surface area (Å²) in [5, 5.41) is 9.10. The van der Waals surface area contributed by atoms with Gasteiger partial charge in [-0.2, -0.15) is 0 Å². The minimum atomic E-state index is -0.298. The van der Waals surface area contributed by atoms with Gasteiger partial charge in [-0.3, -0.25) is 4.79 Å². The van der Waals surface area contributed by atoms with Crippen molar-refractivity contribution in [2.24, 2.45) is 0 Å². The topological polar surface area (TPSA) is 63.7 Å². The molecule has 5 heteroatoms. The van der Waals surface area contributed by atoms with Gasteiger partial charge in [-0.25, -0.2) is 0 Å². The Hall–Kier alpha value is -2.87. The summed E-state index contributed by atoms with van der Waals surface area (Å²) in [6, 6.07) is 15.0. The third kappa shape index (κ3) is 4.32. The number of hydrogen-bond acceptors (Lipinski definition) is 4. The van der Waals surface area contributed by atoms with Crippen molar-refractivity contribution in [3.05, 3.63) is 64.6 Å². The van der Waals surface area contributed by atoms with Crippen LogP contribution in [0.2, 0.25) is 0 Å². The summed E-state index contributed by atoms with van der Waals surface area (Å²) in [7, 11) is 1.35. The lowest BCUT2D eigenvalue weighted by atomic mass is 10.1. The summed E-state index contributed by atoms with van der Waals surface area (Å²) in [5.74, 6) is 0.312. The molecular formula is C17H17N2O3+. The molecule has 0 aliphatic rings. The quantitative estimate of drug-likeness (QED) is 0.600. The van der Waals surface area contributed by atoms with Gasteiger partial charge < -0.3 is 9.47 Å². The maximum absolute atomic E-state index is 11.2. The summed E-state index contributed by atoms with van der Waals surface area (Å²) < 4.78 is 10.3. The van der Waals surface area contributed by atoms with Gasteiger partial charge in [-0.05, 0) is 24.1 Å². The van der Waals surface area contributed by atoms with Gasteiger partial charge in [0, 0.05) is 12.0 Å². The first kappa shape index (κ1) is 15.5. The Morgan fingerprint density at radius 2 is 1.95 bits per heavy atom. The highest BCUT2D eigenvalue weighted by atomic mass is 16.5. The highest BCUT2D eigenvalue weighted by Crippen LogP contribution is 2.27. The summed E-state index contributed by atoms with van der Waals surface area (Å²) in [6.45, 7) is 0.438. The summed E-state index contributed by atoms with van der Waals surface area (Å²) in [5.41, 5.74) is 2.22. The van der Waals surface area contributed by atoms with Gasteiger partial charge in [0.05, 0.1) is 13.2 Å². The van der Waals surface area contributed by atoms with E-state index >= 15 is 0 Å². The lowest BCUT2D eigenvalue weighted by Gasteiger charge is -2.06. The fourth-order valence-corrected chi connectivity index (χ4v) is 2.02. The van der Waals surface area contributed by atoms with Gasteiger partial charge in [-0.1, -0.05) is 30.3 Å². The van der Waals surface area contributed by atoms with Gasteiger partial charge in [0.2, 0.25) is 5.39 Å². The van der Waals surface area contributed by atoms with Crippen molar-refractivity contribution < 1.29 is 14.3 Å². The Bertz CT molecular complexity index is 678. The first-order chi connectivity index (χ1) is 10.7. The molecule has 0 heterocycles. The van der Waals surface area contributed by atoms with E-state index in [0.29, 0.717) is 24.5 Å². The number of carbonyl (C=O) groups is 1. The van der Waals surface area contributed by atoms with E-state index in [4.69, 9.17) is 10.1 Å². The average Bonchev–Trinajstić information content (AvgIpc) is 2.58. The monoisotopic (exact) mass is 297 g/mol. The van der Waals surface area contributed by atoms with Crippen LogP contribution in [-0.4, -0.2) is 13.1 Å². The number of diazo groups is 1. The number of methoxy groups -OCH3 is 1. The Labute approximate surface area is 129 Å². The van der Waals surface area contributed by atoms with Gasteiger partial charge in [0.1, 0.15) is 12.4 Å². The second-order valence-electron chi connectivity index (χ2n) is 4.74. The molecule has 0 aliphatic carbocycles. The molecule has 112 valence electrons. The molecule has 0 radical (unpaired) electrons. The van der Waals surface area contributed by atoms with Crippen LogP contribution in [0.3, 0.4) is 0 Å². The molecule has 0 atom stereocenters. The fraction of sp³-hybridized carbons (Fsp3) is 0.235. The van der Waals surface area contributed by atoms with E-state index in [9.17, 15) is 4.79 Å². The van der Waals surface area contributed by atoms with Gasteiger partial charge in [0.15, 0.2) is 4.98 Å². The molecule has 0 aliphatic heterocycles. The molecule has 22 heavy (non-hydrogen) atoms. The summed E-state index contributed by atoms with van der Waals surface area (Å²) in [6.07, 6.45) is 0.689. The van der Waals surface area contributed by atoms with Gasteiger partial charge >= 0.3 is 11.7 Å². The SMILES string of the molecule is COC(=O)CCc1ccc(OCc2ccccc2)cc1[N+]#N. The summed E-state index contributed by atoms with van der Waals surface area (Å²) in [4.78, 5) is 14.4. The number of aryl methyl sites for hydroxylation is 1. The lowest BCUT2D eigenvalue weighted by Crippen LogP contribution is -2.02. The van der Waals surface area contributed by atoms with E-state index in [1.54, 1.807) is 18.2 Å². The predicted molar refractivity (Wildman–Crippen MR) is 82.3 cm³/mol. The van der Waals surface area contributed by atoms with Crippen molar-refractivity contribution >= 4 is 11.7 Å². The fourth-order valence-electron chi connectivity index (χ4n) is 2.02. The van der Waals surface area contributed by atoms with Crippen LogP contribution in [0.15, 0.2) is 48.5 Å². The second kappa shape index (κ2) is 7.79. The maximum Gasteiger partial charge on any atom is 0.391 e. The molecule has 2 aromatic rings. The van der Waals surface area contributed by atoms with E-state index in [1.165, 1.54) is 7.11 Å². The van der Waals surface area contributed by atoms with Crippen molar-refractivity contribution in [2.45, 2.75) is 19.4 Å². The third-order valence-corrected chi connectivity index (χ3v) is 3.24. The number of hydrogen-bond donors (Lipinski definition) is 0. The Kier molecular flexibility index (Phi) is 5.50. The zero-order chi connectivity index (χ0) is 15.8. The standard InChI is InChI=1S/C17H17N2O3/c1-21-17(20)10-8-14-7-9-15(11-16(14)19-18)22-12-13-5-3-2-4-6-13/h2-7,9,11H,8,10,12H2,1H3/q+1. The molecule has 0 saturated heterocycles. The number of ether oxygens (including phenoxy) is 2. The van der Waals surface area contributed by atoms with Crippen LogP contribution in [0.5, 0.6) is 5.75 Å². The molecule has 2 rings (SSSR count). The van der Waals surface area contributed by atoms with Crippen LogP contribution < -0.4 is 4.74 Å². The number of benzene rings is 2. The van der Waals surface area contributed by atoms with E-state index in [0.717, 1.165) is 11.1 Å². The molecule has 0 spiro atoms. The molecule has 2 aromatic carbocycles. The molecule has 0 fully saturated rings. The molecule has 0 unspecified atom stereocenters. The highest BCUT2D eigenvalue weighted by molar-refractivity contribution is 5.70. The Balaban J connectivity index is 2.02. The minimum Gasteiger partial charge on any atom is -0.489 e. The summed E-state index contributed by atoms with van der Waals surface area (Å²) >= 11 is 0. The molecule has 0 saturated carbocycles. The first-order valence-corrected chi connectivity index (χ1v) is 6.94. The zero-order valence-electron chi connectivity index (χ0n) is 12.4. The van der Waals surface area contributed by atoms with Crippen LogP contribution >= 0.6 is 0 Å². The predicted octanol–water partition coefficient (Wildman–Crippen LogP) is 3.86. The van der Waals surface area contributed by atoms with Crippen LogP contribution in [0, 0.1) is 5.39 Å². The van der Waals surface area contributed by atoms with E-state index < -0.39 is 0 Å². The van der Waals surface area contributed by atoms with Crippen LogP contribution in [0.4, 0.5) is 5.69 Å². The third-order valence-electron chi connectivity index (χ3n) is 3.24. The van der Waals surface area contributed by atoms with Gasteiger partial charge in [0.25, 0.3) is 0 Å². The molecule has 0 amide bonds. The molecule has 0 aromatic heterocycles. The maximum atomic E-state index is 11.2. The number of rotatable bonds is 6. The Morgan fingerprint density at radius 1 is 1.18 bits per heavy atom. The molecule has 0 N–H and O–H groups in total. The van der Waals surface area contributed by atoms with Crippen LogP contribution in [-0.2, 0) is 22.6 Å². The average molecular weight is 297 g/mol. The zero-order valence-corrected chi connectivity index (χ0v) is 12.4.